The normalized spacial score (nSPS) is 22.9. The largest absolute Gasteiger partial charge is 0.349 e. The molecule has 0 saturated heterocycles. The Morgan fingerprint density at radius 2 is 2.20 bits per heavy atom. The number of nitrogens with zero attached hydrogens (tertiary/aromatic N) is 2. The lowest BCUT2D eigenvalue weighted by atomic mass is 9.86. The predicted molar refractivity (Wildman–Crippen MR) is 75.4 cm³/mol. The maximum absolute atomic E-state index is 12.3. The quantitative estimate of drug-likeness (QED) is 0.913. The van der Waals surface area contributed by atoms with Gasteiger partial charge in [-0.25, -0.2) is 4.98 Å². The average molecular weight is 273 g/mol. The molecule has 0 unspecified atom stereocenters. The van der Waals surface area contributed by atoms with E-state index in [2.05, 4.69) is 22.4 Å². The van der Waals surface area contributed by atoms with Crippen LogP contribution in [-0.4, -0.2) is 22.1 Å². The number of nitrogens with one attached hydrogen (secondary N) is 1. The molecule has 1 amide bonds. The highest BCUT2D eigenvalue weighted by molar-refractivity contribution is 5.97. The number of carbonyl (C=O) groups excluding carboxylic acids is 1. The van der Waals surface area contributed by atoms with E-state index in [1.165, 1.54) is 19.3 Å². The first-order chi connectivity index (χ1) is 9.65. The van der Waals surface area contributed by atoms with Gasteiger partial charge in [0, 0.05) is 12.2 Å². The van der Waals surface area contributed by atoms with Crippen molar-refractivity contribution in [2.75, 3.05) is 0 Å². The van der Waals surface area contributed by atoms with E-state index in [0.29, 0.717) is 17.2 Å². The number of pyridine rings is 1. The Morgan fingerprint density at radius 3 is 3.00 bits per heavy atom. The smallest absolute Gasteiger partial charge is 0.257 e. The second kappa shape index (κ2) is 5.23. The molecular formula is C15H19N3O2. The zero-order valence-corrected chi connectivity index (χ0v) is 11.8. The summed E-state index contributed by atoms with van der Waals surface area (Å²) in [5.41, 5.74) is 1.81. The highest BCUT2D eigenvalue weighted by Gasteiger charge is 2.23. The minimum Gasteiger partial charge on any atom is -0.349 e. The molecule has 1 N–H and O–H groups in total. The second-order valence-electron chi connectivity index (χ2n) is 5.69. The Hall–Kier alpha value is -1.91. The Labute approximate surface area is 117 Å². The van der Waals surface area contributed by atoms with Crippen LogP contribution in [0, 0.1) is 12.8 Å². The number of hydrogen-bond donors (Lipinski definition) is 1. The van der Waals surface area contributed by atoms with Crippen LogP contribution < -0.4 is 5.32 Å². The molecule has 0 radical (unpaired) electrons. The van der Waals surface area contributed by atoms with Crippen LogP contribution in [0.3, 0.4) is 0 Å². The summed E-state index contributed by atoms with van der Waals surface area (Å²) >= 11 is 0. The molecule has 5 heteroatoms. The highest BCUT2D eigenvalue weighted by atomic mass is 16.5. The Kier molecular flexibility index (Phi) is 3.42. The lowest BCUT2D eigenvalue weighted by molar-refractivity contribution is 0.0910. The molecule has 2 aromatic rings. The van der Waals surface area contributed by atoms with E-state index < -0.39 is 0 Å². The number of carbonyl (C=O) groups is 1. The van der Waals surface area contributed by atoms with Crippen molar-refractivity contribution < 1.29 is 9.32 Å². The molecule has 2 heterocycles. The first-order valence-corrected chi connectivity index (χ1v) is 7.18. The van der Waals surface area contributed by atoms with Crippen LogP contribution in [-0.2, 0) is 0 Å². The van der Waals surface area contributed by atoms with Crippen LogP contribution >= 0.6 is 0 Å². The summed E-state index contributed by atoms with van der Waals surface area (Å²) in [5, 5.41) is 7.79. The Balaban J connectivity index is 1.79. The van der Waals surface area contributed by atoms with E-state index in [4.69, 9.17) is 4.52 Å². The molecule has 0 aromatic carbocycles. The highest BCUT2D eigenvalue weighted by Crippen LogP contribution is 2.24. The van der Waals surface area contributed by atoms with Crippen LogP contribution in [0.4, 0.5) is 0 Å². The fourth-order valence-corrected chi connectivity index (χ4v) is 2.85. The van der Waals surface area contributed by atoms with Gasteiger partial charge < -0.3 is 9.84 Å². The van der Waals surface area contributed by atoms with Gasteiger partial charge in [-0.2, -0.15) is 0 Å². The summed E-state index contributed by atoms with van der Waals surface area (Å²) < 4.78 is 5.06. The number of fused-ring (bicyclic) bond motifs is 1. The van der Waals surface area contributed by atoms with Gasteiger partial charge in [0.25, 0.3) is 11.6 Å². The van der Waals surface area contributed by atoms with Crippen molar-refractivity contribution in [2.45, 2.75) is 45.6 Å². The second-order valence-corrected chi connectivity index (χ2v) is 5.69. The van der Waals surface area contributed by atoms with Gasteiger partial charge >= 0.3 is 0 Å². The van der Waals surface area contributed by atoms with Gasteiger partial charge in [-0.05, 0) is 31.7 Å². The third-order valence-electron chi connectivity index (χ3n) is 4.20. The number of hydrogen-bond acceptors (Lipinski definition) is 4. The summed E-state index contributed by atoms with van der Waals surface area (Å²) in [4.78, 5) is 16.5. The average Bonchev–Trinajstić information content (AvgIpc) is 2.82. The van der Waals surface area contributed by atoms with Crippen LogP contribution in [0.2, 0.25) is 0 Å². The maximum Gasteiger partial charge on any atom is 0.257 e. The van der Waals surface area contributed by atoms with Crippen LogP contribution in [0.1, 0.15) is 48.7 Å². The van der Waals surface area contributed by atoms with Crippen molar-refractivity contribution >= 4 is 17.0 Å². The Morgan fingerprint density at radius 1 is 1.40 bits per heavy atom. The van der Waals surface area contributed by atoms with Crippen molar-refractivity contribution in [2.24, 2.45) is 5.92 Å². The zero-order valence-electron chi connectivity index (χ0n) is 11.8. The summed E-state index contributed by atoms with van der Waals surface area (Å²) in [6.07, 6.45) is 6.26. The monoisotopic (exact) mass is 273 g/mol. The topological polar surface area (TPSA) is 68.0 Å². The van der Waals surface area contributed by atoms with E-state index in [1.54, 1.807) is 12.3 Å². The van der Waals surface area contributed by atoms with Crippen LogP contribution in [0.15, 0.2) is 16.8 Å². The molecule has 5 nitrogen and oxygen atoms in total. The van der Waals surface area contributed by atoms with Gasteiger partial charge in [-0.3, -0.25) is 4.79 Å². The lowest BCUT2D eigenvalue weighted by Crippen LogP contribution is -2.41. The van der Waals surface area contributed by atoms with E-state index in [9.17, 15) is 4.79 Å². The van der Waals surface area contributed by atoms with E-state index in [0.717, 1.165) is 17.5 Å². The molecule has 1 fully saturated rings. The van der Waals surface area contributed by atoms with Gasteiger partial charge in [0.2, 0.25) is 0 Å². The maximum atomic E-state index is 12.3. The molecule has 0 bridgehead atoms. The van der Waals surface area contributed by atoms with E-state index >= 15 is 0 Å². The van der Waals surface area contributed by atoms with Gasteiger partial charge in [0.1, 0.15) is 0 Å². The van der Waals surface area contributed by atoms with Gasteiger partial charge in [-0.15, -0.1) is 0 Å². The lowest BCUT2D eigenvalue weighted by Gasteiger charge is -2.29. The molecule has 0 aliphatic heterocycles. The number of amides is 1. The van der Waals surface area contributed by atoms with Crippen molar-refractivity contribution in [3.05, 3.63) is 23.5 Å². The standard InChI is InChI=1S/C15H19N3O2/c1-9-5-3-4-6-13(9)17-14(19)11-7-12-10(2)18-20-15(12)16-8-11/h7-9,13H,3-6H2,1-2H3,(H,17,19)/t9-,13+/m0/s1. The third-order valence-corrected chi connectivity index (χ3v) is 4.20. The number of aromatic nitrogens is 2. The van der Waals surface area contributed by atoms with Gasteiger partial charge in [0.05, 0.1) is 16.6 Å². The SMILES string of the molecule is Cc1noc2ncc(C(=O)N[C@@H]3CCCC[C@@H]3C)cc12. The third kappa shape index (κ3) is 2.40. The van der Waals surface area contributed by atoms with Gasteiger partial charge in [0.15, 0.2) is 0 Å². The van der Waals surface area contributed by atoms with Crippen LogP contribution in [0.25, 0.3) is 11.1 Å². The van der Waals surface area contributed by atoms with Crippen molar-refractivity contribution in [3.8, 4) is 0 Å². The molecule has 1 saturated carbocycles. The predicted octanol–water partition coefficient (Wildman–Crippen LogP) is 2.84. The van der Waals surface area contributed by atoms with Gasteiger partial charge in [-0.1, -0.05) is 24.9 Å². The molecule has 2 aromatic heterocycles. The number of aryl methyl sites for hydroxylation is 1. The molecule has 106 valence electrons. The first-order valence-electron chi connectivity index (χ1n) is 7.18. The minimum absolute atomic E-state index is 0.0567. The van der Waals surface area contributed by atoms with E-state index in [-0.39, 0.29) is 11.9 Å². The number of rotatable bonds is 2. The summed E-state index contributed by atoms with van der Waals surface area (Å²) in [6.45, 7) is 4.05. The molecule has 1 aliphatic carbocycles. The molecule has 20 heavy (non-hydrogen) atoms. The molecule has 2 atom stereocenters. The van der Waals surface area contributed by atoms with Crippen LogP contribution in [0.5, 0.6) is 0 Å². The summed E-state index contributed by atoms with van der Waals surface area (Å²) in [7, 11) is 0. The zero-order chi connectivity index (χ0) is 14.1. The molecular weight excluding hydrogens is 254 g/mol. The molecule has 0 spiro atoms. The van der Waals surface area contributed by atoms with Crippen molar-refractivity contribution in [1.29, 1.82) is 0 Å². The molecule has 1 aliphatic rings. The summed E-state index contributed by atoms with van der Waals surface area (Å²) in [5.74, 6) is 0.487. The Bertz CT molecular complexity index is 635. The fourth-order valence-electron chi connectivity index (χ4n) is 2.85. The minimum atomic E-state index is -0.0567. The first kappa shape index (κ1) is 13.1. The fraction of sp³-hybridized carbons (Fsp3) is 0.533. The van der Waals surface area contributed by atoms with Crippen molar-refractivity contribution in [1.82, 2.24) is 15.5 Å². The van der Waals surface area contributed by atoms with Crippen molar-refractivity contribution in [3.63, 3.8) is 0 Å². The molecule has 3 rings (SSSR count). The summed E-state index contributed by atoms with van der Waals surface area (Å²) in [6, 6.07) is 2.08. The van der Waals surface area contributed by atoms with E-state index in [1.807, 2.05) is 6.92 Å².